The van der Waals surface area contributed by atoms with Crippen LogP contribution in [0.1, 0.15) is 52.5 Å². The van der Waals surface area contributed by atoms with Gasteiger partial charge in [-0.2, -0.15) is 0 Å². The number of rotatable bonds is 5. The topological polar surface area (TPSA) is 57.8 Å². The minimum absolute atomic E-state index is 0.0654. The average molecular weight is 409 g/mol. The van der Waals surface area contributed by atoms with Crippen LogP contribution in [0, 0.1) is 26.8 Å². The zero-order chi connectivity index (χ0) is 21.6. The molecule has 2 N–H and O–H groups in total. The van der Waals surface area contributed by atoms with Crippen LogP contribution in [0.4, 0.5) is 0 Å². The van der Waals surface area contributed by atoms with Crippen LogP contribution in [0.3, 0.4) is 0 Å². The van der Waals surface area contributed by atoms with Gasteiger partial charge in [0, 0.05) is 28.9 Å². The van der Waals surface area contributed by atoms with Crippen molar-refractivity contribution in [1.82, 2.24) is 15.3 Å². The summed E-state index contributed by atoms with van der Waals surface area (Å²) < 4.78 is 0. The number of benzene rings is 2. The van der Waals surface area contributed by atoms with Crippen molar-refractivity contribution in [2.24, 2.45) is 0 Å². The summed E-state index contributed by atoms with van der Waals surface area (Å²) >= 11 is 0. The minimum atomic E-state index is -0.472. The van der Waals surface area contributed by atoms with Crippen LogP contribution in [0.2, 0.25) is 0 Å². The quantitative estimate of drug-likeness (QED) is 0.475. The number of nitrogens with one attached hydrogen (secondary N) is 2. The zero-order valence-corrected chi connectivity index (χ0v) is 18.1. The minimum Gasteiger partial charge on any atom is -0.361 e. The Morgan fingerprint density at radius 1 is 1.10 bits per heavy atom. The maximum Gasteiger partial charge on any atom is 0.231 e. The number of aryl methyl sites for hydroxylation is 3. The molecular weight excluding hydrogens is 382 g/mol. The van der Waals surface area contributed by atoms with Crippen molar-refractivity contribution in [3.63, 3.8) is 0 Å². The summed E-state index contributed by atoms with van der Waals surface area (Å²) in [5.41, 5.74) is 6.88. The molecule has 1 fully saturated rings. The lowest BCUT2D eigenvalue weighted by atomic mass is 9.91. The second-order valence-electron chi connectivity index (χ2n) is 8.75. The standard InChI is InChI=1S/C27H26N3O/c1-17-7-9-22(18(2)15-17)25(24-6-4-5-19(3)29-24)30-26(31)27(12-13-27)21-8-10-23-20(16-21)11-14-28-23/h4-10,14-16,25,28H,12-13H2,1-3H3,(H,30,31). The molecule has 31 heavy (non-hydrogen) atoms. The number of fused-ring (bicyclic) bond motifs is 1. The highest BCUT2D eigenvalue weighted by atomic mass is 16.2. The predicted molar refractivity (Wildman–Crippen MR) is 123 cm³/mol. The second kappa shape index (κ2) is 7.38. The fraction of sp³-hybridized carbons (Fsp3) is 0.259. The fourth-order valence-corrected chi connectivity index (χ4v) is 4.51. The maximum atomic E-state index is 13.7. The first-order valence-electron chi connectivity index (χ1n) is 10.8. The van der Waals surface area contributed by atoms with E-state index >= 15 is 0 Å². The number of amides is 1. The Hall–Kier alpha value is -3.40. The highest BCUT2D eigenvalue weighted by molar-refractivity contribution is 5.93. The van der Waals surface area contributed by atoms with E-state index in [0.717, 1.165) is 51.8 Å². The Bertz CT molecular complexity index is 1280. The van der Waals surface area contributed by atoms with Gasteiger partial charge >= 0.3 is 0 Å². The Morgan fingerprint density at radius 2 is 1.94 bits per heavy atom. The van der Waals surface area contributed by atoms with Crippen molar-refractivity contribution in [3.8, 4) is 0 Å². The Kier molecular flexibility index (Phi) is 4.66. The van der Waals surface area contributed by atoms with Gasteiger partial charge in [-0.25, -0.2) is 0 Å². The molecule has 1 unspecified atom stereocenters. The molecule has 4 aromatic rings. The number of nitrogens with zero attached hydrogens (tertiary/aromatic N) is 1. The molecule has 1 aliphatic rings. The van der Waals surface area contributed by atoms with Gasteiger partial charge < -0.3 is 10.3 Å². The Morgan fingerprint density at radius 3 is 2.68 bits per heavy atom. The van der Waals surface area contributed by atoms with Crippen LogP contribution in [-0.2, 0) is 10.2 Å². The van der Waals surface area contributed by atoms with Gasteiger partial charge in [-0.3, -0.25) is 9.78 Å². The molecule has 2 aromatic heterocycles. The molecular formula is C27H26N3O. The zero-order valence-electron chi connectivity index (χ0n) is 18.1. The van der Waals surface area contributed by atoms with E-state index in [-0.39, 0.29) is 11.9 Å². The number of hydrogen-bond donors (Lipinski definition) is 2. The van der Waals surface area contributed by atoms with Gasteiger partial charge in [0.25, 0.3) is 0 Å². The van der Waals surface area contributed by atoms with Crippen LogP contribution in [0.15, 0.2) is 60.8 Å². The van der Waals surface area contributed by atoms with Gasteiger partial charge in [-0.05, 0) is 74.6 Å². The van der Waals surface area contributed by atoms with Crippen molar-refractivity contribution in [1.29, 1.82) is 0 Å². The van der Waals surface area contributed by atoms with Crippen molar-refractivity contribution >= 4 is 16.8 Å². The van der Waals surface area contributed by atoms with Crippen LogP contribution in [0.5, 0.6) is 0 Å². The number of aromatic nitrogens is 2. The Balaban J connectivity index is 1.52. The molecule has 0 saturated heterocycles. The van der Waals surface area contributed by atoms with Crippen LogP contribution >= 0.6 is 0 Å². The van der Waals surface area contributed by atoms with Crippen LogP contribution in [0.25, 0.3) is 10.9 Å². The SMILES string of the molecule is Cc1ccc(C(NC(=O)C2(c3ccc4[nH]c[c]c4c3)CC2)c2cccc(C)n2)c(C)c1. The molecule has 5 rings (SSSR count). The van der Waals surface area contributed by atoms with Gasteiger partial charge in [-0.15, -0.1) is 0 Å². The van der Waals surface area contributed by atoms with Crippen molar-refractivity contribution in [2.45, 2.75) is 45.1 Å². The molecule has 0 aliphatic heterocycles. The van der Waals surface area contributed by atoms with Crippen LogP contribution < -0.4 is 5.32 Å². The molecule has 4 heteroatoms. The Labute approximate surface area is 182 Å². The lowest BCUT2D eigenvalue weighted by Crippen LogP contribution is -2.38. The number of carbonyl (C=O) groups is 1. The lowest BCUT2D eigenvalue weighted by Gasteiger charge is -2.25. The van der Waals surface area contributed by atoms with Gasteiger partial charge in [0.15, 0.2) is 0 Å². The predicted octanol–water partition coefficient (Wildman–Crippen LogP) is 5.23. The molecule has 1 atom stereocenters. The number of H-pyrrole nitrogens is 1. The highest BCUT2D eigenvalue weighted by Crippen LogP contribution is 2.49. The lowest BCUT2D eigenvalue weighted by molar-refractivity contribution is -0.124. The smallest absolute Gasteiger partial charge is 0.231 e. The van der Waals surface area contributed by atoms with Gasteiger partial charge in [0.2, 0.25) is 5.91 Å². The second-order valence-corrected chi connectivity index (χ2v) is 8.75. The van der Waals surface area contributed by atoms with E-state index in [1.807, 2.05) is 37.4 Å². The van der Waals surface area contributed by atoms with E-state index in [1.165, 1.54) is 5.56 Å². The highest BCUT2D eigenvalue weighted by Gasteiger charge is 2.52. The number of hydrogen-bond acceptors (Lipinski definition) is 2. The van der Waals surface area contributed by atoms with Crippen molar-refractivity contribution < 1.29 is 4.79 Å². The van der Waals surface area contributed by atoms with Gasteiger partial charge in [0.1, 0.15) is 0 Å². The van der Waals surface area contributed by atoms with Crippen molar-refractivity contribution in [3.05, 3.63) is 101 Å². The average Bonchev–Trinajstić information content (AvgIpc) is 3.43. The number of pyridine rings is 1. The van der Waals surface area contributed by atoms with E-state index in [0.29, 0.717) is 0 Å². The summed E-state index contributed by atoms with van der Waals surface area (Å²) in [7, 11) is 0. The molecule has 0 bridgehead atoms. The fourth-order valence-electron chi connectivity index (χ4n) is 4.51. The van der Waals surface area contributed by atoms with Gasteiger partial charge in [0.05, 0.1) is 17.2 Å². The molecule has 1 aliphatic carbocycles. The van der Waals surface area contributed by atoms with E-state index < -0.39 is 5.41 Å². The first-order valence-corrected chi connectivity index (χ1v) is 10.8. The molecule has 0 spiro atoms. The third-order valence-corrected chi connectivity index (χ3v) is 6.43. The molecule has 4 nitrogen and oxygen atoms in total. The van der Waals surface area contributed by atoms with E-state index in [2.05, 4.69) is 60.5 Å². The summed E-state index contributed by atoms with van der Waals surface area (Å²) in [6, 6.07) is 21.5. The summed E-state index contributed by atoms with van der Waals surface area (Å²) in [5, 5.41) is 4.38. The summed E-state index contributed by atoms with van der Waals surface area (Å²) in [5.74, 6) is 0.0654. The normalized spacial score (nSPS) is 15.6. The number of aromatic amines is 1. The number of carbonyl (C=O) groups excluding carboxylic acids is 1. The molecule has 155 valence electrons. The van der Waals surface area contributed by atoms with E-state index in [4.69, 9.17) is 4.98 Å². The molecule has 1 amide bonds. The van der Waals surface area contributed by atoms with Crippen LogP contribution in [-0.4, -0.2) is 15.9 Å². The molecule has 2 heterocycles. The first kappa shape index (κ1) is 19.6. The maximum absolute atomic E-state index is 13.7. The van der Waals surface area contributed by atoms with E-state index in [9.17, 15) is 4.79 Å². The summed E-state index contributed by atoms with van der Waals surface area (Å²) in [6.45, 7) is 6.16. The van der Waals surface area contributed by atoms with Crippen molar-refractivity contribution in [2.75, 3.05) is 0 Å². The summed E-state index contributed by atoms with van der Waals surface area (Å²) in [4.78, 5) is 21.6. The molecule has 1 saturated carbocycles. The first-order chi connectivity index (χ1) is 15.0. The van der Waals surface area contributed by atoms with Gasteiger partial charge in [-0.1, -0.05) is 35.9 Å². The summed E-state index contributed by atoms with van der Waals surface area (Å²) in [6.07, 6.45) is 3.53. The largest absolute Gasteiger partial charge is 0.361 e. The third kappa shape index (κ3) is 3.52. The third-order valence-electron chi connectivity index (χ3n) is 6.43. The molecule has 1 radical (unpaired) electrons. The monoisotopic (exact) mass is 408 g/mol. The van der Waals surface area contributed by atoms with E-state index in [1.54, 1.807) is 0 Å². The molecule has 2 aromatic carbocycles.